The summed E-state index contributed by atoms with van der Waals surface area (Å²) in [5.41, 5.74) is 0. The van der Waals surface area contributed by atoms with E-state index in [4.69, 9.17) is 14.2 Å². The number of esters is 2. The van der Waals surface area contributed by atoms with Gasteiger partial charge in [0.2, 0.25) is 0 Å². The Morgan fingerprint density at radius 1 is 0.582 bits per heavy atom. The van der Waals surface area contributed by atoms with Crippen LogP contribution < -0.4 is 5.11 Å². The van der Waals surface area contributed by atoms with Gasteiger partial charge in [-0.25, -0.2) is 0 Å². The molecule has 2 atom stereocenters. The van der Waals surface area contributed by atoms with Crippen molar-refractivity contribution in [2.24, 2.45) is 0 Å². The third-order valence-electron chi connectivity index (χ3n) is 9.10. The highest BCUT2D eigenvalue weighted by Crippen LogP contribution is 2.13. The topological polar surface area (TPSA) is 102 Å². The number of quaternary nitrogens is 1. The molecule has 0 aliphatic rings. The Balaban J connectivity index is 4.38. The van der Waals surface area contributed by atoms with Crippen molar-refractivity contribution in [3.63, 3.8) is 0 Å². The minimum Gasteiger partial charge on any atom is -0.544 e. The third-order valence-corrected chi connectivity index (χ3v) is 9.10. The van der Waals surface area contributed by atoms with Crippen LogP contribution in [0.25, 0.3) is 0 Å². The number of hydrogen-bond donors (Lipinski definition) is 0. The van der Waals surface area contributed by atoms with Crippen molar-refractivity contribution < 1.29 is 38.2 Å². The van der Waals surface area contributed by atoms with Crippen LogP contribution in [-0.4, -0.2) is 75.5 Å². The molecule has 0 aromatic heterocycles. The lowest BCUT2D eigenvalue weighted by Crippen LogP contribution is -2.55. The molecular weight excluding hydrogens is 691 g/mol. The number of ether oxygens (including phenoxy) is 3. The number of carbonyl (C=O) groups excluding carboxylic acids is 3. The fourth-order valence-corrected chi connectivity index (χ4v) is 5.74. The maximum Gasteiger partial charge on any atom is 0.306 e. The van der Waals surface area contributed by atoms with Gasteiger partial charge >= 0.3 is 11.9 Å². The van der Waals surface area contributed by atoms with E-state index in [0.717, 1.165) is 89.9 Å². The first-order valence-electron chi connectivity index (χ1n) is 21.5. The van der Waals surface area contributed by atoms with E-state index in [1.165, 1.54) is 32.1 Å². The van der Waals surface area contributed by atoms with E-state index in [9.17, 15) is 19.5 Å². The summed E-state index contributed by atoms with van der Waals surface area (Å²) in [6, 6.07) is -0.734. The summed E-state index contributed by atoms with van der Waals surface area (Å²) in [6.45, 7) is 4.43. The number of aliphatic carboxylic acids is 1. The lowest BCUT2D eigenvalue weighted by molar-refractivity contribution is -0.889. The number of likely N-dealkylation sites (N-methyl/N-ethyl adjacent to an activating group) is 1. The van der Waals surface area contributed by atoms with Crippen molar-refractivity contribution >= 4 is 17.9 Å². The second kappa shape index (κ2) is 37.7. The van der Waals surface area contributed by atoms with Gasteiger partial charge in [0.1, 0.15) is 12.6 Å². The van der Waals surface area contributed by atoms with Gasteiger partial charge in [-0.05, 0) is 70.6 Å². The normalized spacial score (nSPS) is 13.7. The van der Waals surface area contributed by atoms with E-state index < -0.39 is 18.1 Å². The maximum absolute atomic E-state index is 12.7. The Morgan fingerprint density at radius 2 is 1.07 bits per heavy atom. The Hall–Kier alpha value is -3.23. The van der Waals surface area contributed by atoms with Gasteiger partial charge in [-0.1, -0.05) is 138 Å². The number of allylic oxidation sites excluding steroid dienone is 12. The number of rotatable bonds is 37. The molecule has 0 saturated heterocycles. The molecular formula is C47H79NO7. The molecule has 0 aliphatic heterocycles. The molecule has 55 heavy (non-hydrogen) atoms. The monoisotopic (exact) mass is 770 g/mol. The van der Waals surface area contributed by atoms with Crippen LogP contribution in [0.15, 0.2) is 72.9 Å². The molecule has 0 rings (SSSR count). The van der Waals surface area contributed by atoms with Crippen LogP contribution in [0.3, 0.4) is 0 Å². The molecule has 8 nitrogen and oxygen atoms in total. The number of carboxylic acids is 1. The van der Waals surface area contributed by atoms with Crippen molar-refractivity contribution in [3.8, 4) is 0 Å². The van der Waals surface area contributed by atoms with Gasteiger partial charge in [0.05, 0.1) is 40.3 Å². The average molecular weight is 770 g/mol. The fraction of sp³-hybridized carbons (Fsp3) is 0.681. The van der Waals surface area contributed by atoms with Crippen LogP contribution >= 0.6 is 0 Å². The highest BCUT2D eigenvalue weighted by molar-refractivity contribution is 5.70. The van der Waals surface area contributed by atoms with E-state index in [2.05, 4.69) is 86.8 Å². The van der Waals surface area contributed by atoms with Crippen molar-refractivity contribution in [2.75, 3.05) is 41.0 Å². The summed E-state index contributed by atoms with van der Waals surface area (Å²) in [4.78, 5) is 36.8. The maximum atomic E-state index is 12.7. The average Bonchev–Trinajstić information content (AvgIpc) is 3.14. The standard InChI is InChI=1S/C47H79NO7/c1-6-8-10-12-14-16-18-19-20-21-22-23-24-25-26-28-30-32-34-36-38-46(50)55-43(41-53-40-39-44(47(51)52)48(3,4)5)42-54-45(49)37-35-33-31-29-27-17-15-13-11-9-7-2/h8,10,13-17,19-20,22-23,27,43-44H,6-7,9,11-12,18,21,24-26,28-42H2,1-5H3/b10-8+,15-13+,16-14+,20-19+,23-22+,27-17+. The quantitative estimate of drug-likeness (QED) is 0.0204. The summed E-state index contributed by atoms with van der Waals surface area (Å²) >= 11 is 0. The summed E-state index contributed by atoms with van der Waals surface area (Å²) < 4.78 is 17.1. The molecule has 0 aromatic rings. The van der Waals surface area contributed by atoms with Gasteiger partial charge in [0.15, 0.2) is 6.10 Å². The van der Waals surface area contributed by atoms with E-state index in [1.807, 2.05) is 0 Å². The number of carboxylic acid groups (broad SMARTS) is 1. The van der Waals surface area contributed by atoms with Gasteiger partial charge in [-0.2, -0.15) is 0 Å². The second-order valence-corrected chi connectivity index (χ2v) is 15.2. The second-order valence-electron chi connectivity index (χ2n) is 15.2. The van der Waals surface area contributed by atoms with Crippen molar-refractivity contribution in [3.05, 3.63) is 72.9 Å². The van der Waals surface area contributed by atoms with Crippen LogP contribution in [0.2, 0.25) is 0 Å². The van der Waals surface area contributed by atoms with Crippen LogP contribution in [0.4, 0.5) is 0 Å². The predicted octanol–water partition coefficient (Wildman–Crippen LogP) is 10.2. The highest BCUT2D eigenvalue weighted by Gasteiger charge is 2.25. The van der Waals surface area contributed by atoms with Crippen LogP contribution in [0, 0.1) is 0 Å². The molecule has 0 aliphatic carbocycles. The van der Waals surface area contributed by atoms with Crippen LogP contribution in [0.1, 0.15) is 155 Å². The van der Waals surface area contributed by atoms with E-state index in [1.54, 1.807) is 21.1 Å². The summed E-state index contributed by atoms with van der Waals surface area (Å²) in [7, 11) is 5.38. The summed E-state index contributed by atoms with van der Waals surface area (Å²) in [5.74, 6) is -1.80. The molecule has 0 spiro atoms. The Kier molecular flexibility index (Phi) is 35.5. The molecule has 0 aromatic carbocycles. The minimum absolute atomic E-state index is 0.0239. The number of nitrogens with zero attached hydrogens (tertiary/aromatic N) is 1. The predicted molar refractivity (Wildman–Crippen MR) is 226 cm³/mol. The zero-order valence-corrected chi connectivity index (χ0v) is 35.6. The van der Waals surface area contributed by atoms with Crippen LogP contribution in [0.5, 0.6) is 0 Å². The molecule has 0 radical (unpaired) electrons. The van der Waals surface area contributed by atoms with Gasteiger partial charge in [0, 0.05) is 19.3 Å². The number of carbonyl (C=O) groups is 3. The molecule has 2 unspecified atom stereocenters. The fourth-order valence-electron chi connectivity index (χ4n) is 5.74. The van der Waals surface area contributed by atoms with Crippen molar-refractivity contribution in [2.45, 2.75) is 167 Å². The largest absolute Gasteiger partial charge is 0.544 e. The van der Waals surface area contributed by atoms with E-state index in [-0.39, 0.29) is 42.7 Å². The molecule has 0 amide bonds. The SMILES string of the molecule is CC/C=C/C/C=C/C/C=C/C/C=C/CCCCCCCCCC(=O)OC(COCCC(C(=O)[O-])[N+](C)(C)C)COC(=O)CCCCC/C=C/C=C/CCCC. The van der Waals surface area contributed by atoms with Gasteiger partial charge in [-0.15, -0.1) is 0 Å². The minimum atomic E-state index is -1.13. The Morgan fingerprint density at radius 3 is 1.64 bits per heavy atom. The zero-order valence-electron chi connectivity index (χ0n) is 35.6. The molecule has 8 heteroatoms. The van der Waals surface area contributed by atoms with E-state index in [0.29, 0.717) is 12.8 Å². The first-order chi connectivity index (χ1) is 26.6. The first kappa shape index (κ1) is 51.8. The molecule has 0 saturated carbocycles. The Bertz CT molecular complexity index is 1130. The van der Waals surface area contributed by atoms with Crippen molar-refractivity contribution in [1.29, 1.82) is 0 Å². The summed E-state index contributed by atoms with van der Waals surface area (Å²) in [5, 5.41) is 11.6. The molecule has 0 bridgehead atoms. The van der Waals surface area contributed by atoms with E-state index >= 15 is 0 Å². The highest BCUT2D eigenvalue weighted by atomic mass is 16.6. The summed E-state index contributed by atoms with van der Waals surface area (Å²) in [6.07, 6.45) is 46.4. The van der Waals surface area contributed by atoms with Gasteiger partial charge in [-0.3, -0.25) is 9.59 Å². The number of unbranched alkanes of at least 4 members (excludes halogenated alkanes) is 12. The van der Waals surface area contributed by atoms with Gasteiger partial charge in [0.25, 0.3) is 0 Å². The zero-order chi connectivity index (χ0) is 40.7. The molecule has 0 heterocycles. The van der Waals surface area contributed by atoms with Crippen LogP contribution in [-0.2, 0) is 28.6 Å². The molecule has 0 N–H and O–H groups in total. The third kappa shape index (κ3) is 36.2. The lowest BCUT2D eigenvalue weighted by Gasteiger charge is -2.34. The molecule has 314 valence electrons. The molecule has 0 fully saturated rings. The lowest BCUT2D eigenvalue weighted by atomic mass is 10.1. The smallest absolute Gasteiger partial charge is 0.306 e. The Labute approximate surface area is 336 Å². The first-order valence-corrected chi connectivity index (χ1v) is 21.5. The van der Waals surface area contributed by atoms with Gasteiger partial charge < -0.3 is 28.6 Å². The number of hydrogen-bond acceptors (Lipinski definition) is 7. The van der Waals surface area contributed by atoms with Crippen molar-refractivity contribution in [1.82, 2.24) is 0 Å².